The van der Waals surface area contributed by atoms with E-state index in [-0.39, 0.29) is 11.6 Å². The van der Waals surface area contributed by atoms with Crippen LogP contribution in [0.3, 0.4) is 0 Å². The third-order valence-electron chi connectivity index (χ3n) is 4.46. The summed E-state index contributed by atoms with van der Waals surface area (Å²) in [6.07, 6.45) is 1.94. The van der Waals surface area contributed by atoms with Crippen molar-refractivity contribution in [1.29, 1.82) is 0 Å². The molecule has 6 nitrogen and oxygen atoms in total. The van der Waals surface area contributed by atoms with Crippen LogP contribution in [0.2, 0.25) is 0 Å². The van der Waals surface area contributed by atoms with Gasteiger partial charge >= 0.3 is 0 Å². The summed E-state index contributed by atoms with van der Waals surface area (Å²) in [5, 5.41) is 9.27. The maximum absolute atomic E-state index is 12.7. The number of hydrogen-bond acceptors (Lipinski definition) is 3. The second-order valence-electron chi connectivity index (χ2n) is 6.71. The molecule has 0 N–H and O–H groups in total. The Kier molecular flexibility index (Phi) is 4.16. The lowest BCUT2D eigenvalue weighted by Gasteiger charge is -2.14. The van der Waals surface area contributed by atoms with Crippen LogP contribution in [0.4, 0.5) is 0 Å². The van der Waals surface area contributed by atoms with Gasteiger partial charge in [0.25, 0.3) is 5.56 Å². The average molecular weight is 347 g/mol. The number of rotatable bonds is 5. The predicted octanol–water partition coefficient (Wildman–Crippen LogP) is 3.07. The molecular weight excluding hydrogens is 326 g/mol. The monoisotopic (exact) mass is 347 g/mol. The number of fused-ring (bicyclic) bond motifs is 1. The van der Waals surface area contributed by atoms with Gasteiger partial charge in [-0.2, -0.15) is 0 Å². The van der Waals surface area contributed by atoms with Gasteiger partial charge in [0.15, 0.2) is 0 Å². The highest BCUT2D eigenvalue weighted by Crippen LogP contribution is 2.16. The van der Waals surface area contributed by atoms with E-state index in [1.54, 1.807) is 4.68 Å². The highest BCUT2D eigenvalue weighted by molar-refractivity contribution is 5.78. The van der Waals surface area contributed by atoms with Crippen LogP contribution in [0, 0.1) is 0 Å². The molecule has 0 saturated carbocycles. The highest BCUT2D eigenvalue weighted by atomic mass is 16.1. The molecule has 0 spiro atoms. The Hall–Kier alpha value is -3.15. The molecule has 0 atom stereocenters. The van der Waals surface area contributed by atoms with Gasteiger partial charge < -0.3 is 0 Å². The zero-order valence-electron chi connectivity index (χ0n) is 14.9. The van der Waals surface area contributed by atoms with E-state index < -0.39 is 0 Å². The lowest BCUT2D eigenvalue weighted by Crippen LogP contribution is -2.25. The molecule has 0 radical (unpaired) electrons. The van der Waals surface area contributed by atoms with Gasteiger partial charge in [-0.25, -0.2) is 9.36 Å². The van der Waals surface area contributed by atoms with Crippen molar-refractivity contribution >= 4 is 10.9 Å². The predicted molar refractivity (Wildman–Crippen MR) is 101 cm³/mol. The van der Waals surface area contributed by atoms with Crippen LogP contribution in [-0.4, -0.2) is 24.4 Å². The third kappa shape index (κ3) is 2.94. The highest BCUT2D eigenvalue weighted by Gasteiger charge is 2.16. The van der Waals surface area contributed by atoms with Gasteiger partial charge in [0, 0.05) is 6.04 Å². The summed E-state index contributed by atoms with van der Waals surface area (Å²) in [5.74, 6) is 0. The molecule has 0 amide bonds. The number of benzene rings is 2. The van der Waals surface area contributed by atoms with Crippen molar-refractivity contribution in [2.75, 3.05) is 0 Å². The summed E-state index contributed by atoms with van der Waals surface area (Å²) in [6.45, 7) is 5.22. The van der Waals surface area contributed by atoms with E-state index in [1.807, 2.05) is 71.9 Å². The summed E-state index contributed by atoms with van der Waals surface area (Å²) in [4.78, 5) is 12.7. The van der Waals surface area contributed by atoms with Crippen molar-refractivity contribution in [3.8, 4) is 0 Å². The van der Waals surface area contributed by atoms with E-state index in [4.69, 9.17) is 0 Å². The van der Waals surface area contributed by atoms with Crippen molar-refractivity contribution in [3.05, 3.63) is 82.4 Å². The molecule has 0 aliphatic rings. The second-order valence-corrected chi connectivity index (χ2v) is 6.71. The number of hydrogen-bond donors (Lipinski definition) is 0. The zero-order valence-corrected chi connectivity index (χ0v) is 14.9. The first-order valence-corrected chi connectivity index (χ1v) is 8.76. The van der Waals surface area contributed by atoms with E-state index >= 15 is 0 Å². The molecule has 2 aromatic carbocycles. The summed E-state index contributed by atoms with van der Waals surface area (Å²) >= 11 is 0. The fraction of sp³-hybridized carbons (Fsp3) is 0.250. The van der Waals surface area contributed by atoms with Crippen molar-refractivity contribution in [1.82, 2.24) is 24.4 Å². The van der Waals surface area contributed by atoms with Crippen LogP contribution in [0.15, 0.2) is 65.6 Å². The zero-order chi connectivity index (χ0) is 18.1. The smallest absolute Gasteiger partial charge is 0.274 e. The fourth-order valence-corrected chi connectivity index (χ4v) is 3.32. The molecule has 0 aliphatic carbocycles. The van der Waals surface area contributed by atoms with Gasteiger partial charge in [-0.15, -0.1) is 5.10 Å². The number of nitrogens with zero attached hydrogens (tertiary/aromatic N) is 5. The Bertz CT molecular complexity index is 1090. The van der Waals surface area contributed by atoms with Crippen molar-refractivity contribution in [2.45, 2.75) is 33.0 Å². The van der Waals surface area contributed by atoms with Crippen LogP contribution >= 0.6 is 0 Å². The Morgan fingerprint density at radius 3 is 2.46 bits per heavy atom. The molecule has 132 valence electrons. The SMILES string of the molecule is CC(C)n1c(=O)c2ccccc2n1Cc1cn(Cc2ccccc2)nn1. The summed E-state index contributed by atoms with van der Waals surface area (Å²) in [7, 11) is 0. The maximum atomic E-state index is 12.7. The van der Waals surface area contributed by atoms with E-state index in [0.29, 0.717) is 13.1 Å². The second kappa shape index (κ2) is 6.63. The van der Waals surface area contributed by atoms with Crippen LogP contribution in [0.5, 0.6) is 0 Å². The quantitative estimate of drug-likeness (QED) is 0.557. The standard InChI is InChI=1S/C20H21N5O/c1-15(2)25-20(26)18-10-6-7-11-19(18)24(25)14-17-13-23(22-21-17)12-16-8-4-3-5-9-16/h3-11,13,15H,12,14H2,1-2H3. The molecule has 0 fully saturated rings. The van der Waals surface area contributed by atoms with Gasteiger partial charge in [0.2, 0.25) is 0 Å². The first-order valence-electron chi connectivity index (χ1n) is 8.76. The minimum Gasteiger partial charge on any atom is -0.276 e. The lowest BCUT2D eigenvalue weighted by molar-refractivity contribution is 0.425. The number of aromatic nitrogens is 5. The van der Waals surface area contributed by atoms with Crippen molar-refractivity contribution in [2.24, 2.45) is 0 Å². The minimum atomic E-state index is 0.0345. The molecule has 4 aromatic rings. The van der Waals surface area contributed by atoms with E-state index in [2.05, 4.69) is 22.4 Å². The maximum Gasteiger partial charge on any atom is 0.274 e. The van der Waals surface area contributed by atoms with Gasteiger partial charge in [0.05, 0.1) is 30.2 Å². The van der Waals surface area contributed by atoms with Gasteiger partial charge in [0.1, 0.15) is 5.69 Å². The Morgan fingerprint density at radius 1 is 0.962 bits per heavy atom. The Balaban J connectivity index is 1.68. The third-order valence-corrected chi connectivity index (χ3v) is 4.46. The van der Waals surface area contributed by atoms with Crippen LogP contribution in [-0.2, 0) is 13.1 Å². The molecule has 0 bridgehead atoms. The van der Waals surface area contributed by atoms with Crippen LogP contribution in [0.1, 0.15) is 31.1 Å². The Morgan fingerprint density at radius 2 is 1.69 bits per heavy atom. The first kappa shape index (κ1) is 16.3. The summed E-state index contributed by atoms with van der Waals surface area (Å²) in [5.41, 5.74) is 2.96. The average Bonchev–Trinajstić information content (AvgIpc) is 3.19. The molecule has 0 saturated heterocycles. The minimum absolute atomic E-state index is 0.0345. The molecule has 6 heteroatoms. The molecule has 0 unspecified atom stereocenters. The number of para-hydroxylation sites is 1. The van der Waals surface area contributed by atoms with Gasteiger partial charge in [-0.05, 0) is 31.5 Å². The lowest BCUT2D eigenvalue weighted by atomic mass is 10.2. The van der Waals surface area contributed by atoms with Gasteiger partial charge in [-0.1, -0.05) is 47.7 Å². The Labute approximate surface area is 151 Å². The summed E-state index contributed by atoms with van der Waals surface area (Å²) < 4.78 is 5.62. The van der Waals surface area contributed by atoms with Crippen LogP contribution < -0.4 is 5.56 Å². The van der Waals surface area contributed by atoms with E-state index in [9.17, 15) is 4.79 Å². The molecule has 2 aromatic heterocycles. The molecule has 4 rings (SSSR count). The molecular formula is C20H21N5O. The topological polar surface area (TPSA) is 57.6 Å². The molecule has 2 heterocycles. The molecule has 0 aliphatic heterocycles. The normalized spacial score (nSPS) is 11.5. The summed E-state index contributed by atoms with van der Waals surface area (Å²) in [6, 6.07) is 17.9. The van der Waals surface area contributed by atoms with E-state index in [1.165, 1.54) is 5.56 Å². The van der Waals surface area contributed by atoms with Crippen molar-refractivity contribution in [3.63, 3.8) is 0 Å². The fourth-order valence-electron chi connectivity index (χ4n) is 3.32. The molecule has 26 heavy (non-hydrogen) atoms. The van der Waals surface area contributed by atoms with Crippen molar-refractivity contribution < 1.29 is 0 Å². The van der Waals surface area contributed by atoms with E-state index in [0.717, 1.165) is 16.6 Å². The van der Waals surface area contributed by atoms with Gasteiger partial charge in [-0.3, -0.25) is 9.48 Å². The first-order chi connectivity index (χ1) is 12.6. The largest absolute Gasteiger partial charge is 0.276 e. The van der Waals surface area contributed by atoms with Crippen LogP contribution in [0.25, 0.3) is 10.9 Å².